The van der Waals surface area contributed by atoms with Crippen molar-refractivity contribution in [1.82, 2.24) is 15.1 Å². The maximum atomic E-state index is 11.8. The first kappa shape index (κ1) is 23.6. The van der Waals surface area contributed by atoms with Gasteiger partial charge in [-0.05, 0) is 39.8 Å². The lowest BCUT2D eigenvalue weighted by Gasteiger charge is -2.19. The molecule has 0 saturated carbocycles. The van der Waals surface area contributed by atoms with E-state index in [2.05, 4.69) is 10.4 Å². The van der Waals surface area contributed by atoms with Crippen molar-refractivity contribution in [2.24, 2.45) is 0 Å². The van der Waals surface area contributed by atoms with Gasteiger partial charge in [0.2, 0.25) is 0 Å². The molecule has 2 rings (SSSR count). The molecule has 1 heterocycles. The van der Waals surface area contributed by atoms with Gasteiger partial charge < -0.3 is 24.3 Å². The average molecular weight is 421 g/mol. The van der Waals surface area contributed by atoms with Crippen molar-refractivity contribution in [3.05, 3.63) is 29.5 Å². The van der Waals surface area contributed by atoms with Gasteiger partial charge in [0.1, 0.15) is 5.60 Å². The Hall–Kier alpha value is -2.65. The smallest absolute Gasteiger partial charge is 0.407 e. The molecule has 1 amide bonds. The molecule has 9 nitrogen and oxygen atoms in total. The van der Waals surface area contributed by atoms with Crippen molar-refractivity contribution in [3.8, 4) is 0 Å². The minimum Gasteiger partial charge on any atom is -0.465 e. The second-order valence-electron chi connectivity index (χ2n) is 7.69. The molecule has 0 spiro atoms. The Morgan fingerprint density at radius 2 is 1.80 bits per heavy atom. The van der Waals surface area contributed by atoms with Gasteiger partial charge in [-0.1, -0.05) is 6.07 Å². The molecule has 166 valence electrons. The number of benzene rings is 1. The molecule has 0 saturated heterocycles. The molecule has 0 aliphatic rings. The topological polar surface area (TPSA) is 101 Å². The molecule has 1 aromatic heterocycles. The van der Waals surface area contributed by atoms with Crippen molar-refractivity contribution in [3.63, 3.8) is 0 Å². The normalized spacial score (nSPS) is 11.5. The van der Waals surface area contributed by atoms with E-state index >= 15 is 0 Å². The molecule has 0 radical (unpaired) electrons. The van der Waals surface area contributed by atoms with E-state index < -0.39 is 11.7 Å². The summed E-state index contributed by atoms with van der Waals surface area (Å²) in [5, 5.41) is 8.13. The zero-order valence-electron chi connectivity index (χ0n) is 18.3. The molecule has 0 aliphatic heterocycles. The third kappa shape index (κ3) is 7.31. The van der Waals surface area contributed by atoms with Crippen molar-refractivity contribution in [2.45, 2.75) is 39.8 Å². The number of hydrogen-bond donors (Lipinski definition) is 1. The molecule has 0 bridgehead atoms. The number of rotatable bonds is 10. The van der Waals surface area contributed by atoms with Crippen LogP contribution < -0.4 is 5.32 Å². The predicted molar refractivity (Wildman–Crippen MR) is 112 cm³/mol. The SMILES string of the molecule is COC(=O)c1ccc2c(C)nn(CCOCCOCCNC(=O)OC(C)(C)C)c2c1. The maximum absolute atomic E-state index is 11.8. The summed E-state index contributed by atoms with van der Waals surface area (Å²) in [6.45, 7) is 9.96. The number of carbonyl (C=O) groups excluding carboxylic acids is 2. The molecular formula is C21H31N3O6. The fourth-order valence-electron chi connectivity index (χ4n) is 2.77. The summed E-state index contributed by atoms with van der Waals surface area (Å²) in [4.78, 5) is 23.3. The highest BCUT2D eigenvalue weighted by atomic mass is 16.6. The van der Waals surface area contributed by atoms with Crippen LogP contribution in [0.2, 0.25) is 0 Å². The predicted octanol–water partition coefficient (Wildman–Crippen LogP) is 2.69. The summed E-state index contributed by atoms with van der Waals surface area (Å²) in [6.07, 6.45) is -0.459. The van der Waals surface area contributed by atoms with E-state index in [0.29, 0.717) is 45.1 Å². The third-order valence-corrected chi connectivity index (χ3v) is 4.09. The summed E-state index contributed by atoms with van der Waals surface area (Å²) in [5.74, 6) is -0.378. The van der Waals surface area contributed by atoms with Gasteiger partial charge in [0.15, 0.2) is 0 Å². The van der Waals surface area contributed by atoms with Crippen LogP contribution in [0.25, 0.3) is 10.9 Å². The van der Waals surface area contributed by atoms with Crippen LogP contribution in [0.3, 0.4) is 0 Å². The highest BCUT2D eigenvalue weighted by molar-refractivity contribution is 5.95. The Bertz CT molecular complexity index is 856. The van der Waals surface area contributed by atoms with Crippen LogP contribution in [0, 0.1) is 6.92 Å². The number of aryl methyl sites for hydroxylation is 1. The molecule has 0 unspecified atom stereocenters. The number of esters is 1. The number of fused-ring (bicyclic) bond motifs is 1. The number of amides is 1. The van der Waals surface area contributed by atoms with Crippen LogP contribution in [-0.2, 0) is 25.5 Å². The first-order valence-corrected chi connectivity index (χ1v) is 9.89. The summed E-state index contributed by atoms with van der Waals surface area (Å²) < 4.78 is 22.8. The monoisotopic (exact) mass is 421 g/mol. The first-order chi connectivity index (χ1) is 14.2. The second kappa shape index (κ2) is 10.9. The number of nitrogens with one attached hydrogen (secondary N) is 1. The molecule has 1 aromatic carbocycles. The van der Waals surface area contributed by atoms with Crippen LogP contribution in [0.4, 0.5) is 4.79 Å². The molecule has 1 N–H and O–H groups in total. The van der Waals surface area contributed by atoms with E-state index in [0.717, 1.165) is 16.6 Å². The number of nitrogens with zero attached hydrogens (tertiary/aromatic N) is 2. The molecule has 30 heavy (non-hydrogen) atoms. The standard InChI is InChI=1S/C21H31N3O6/c1-15-17-7-6-16(19(25)27-5)14-18(17)24(23-15)9-11-29-13-12-28-10-8-22-20(26)30-21(2,3)4/h6-7,14H,8-13H2,1-5H3,(H,22,26). The molecule has 0 atom stereocenters. The molecule has 9 heteroatoms. The van der Waals surface area contributed by atoms with Crippen LogP contribution in [0.15, 0.2) is 18.2 Å². The zero-order chi connectivity index (χ0) is 22.1. The van der Waals surface area contributed by atoms with Gasteiger partial charge in [-0.25, -0.2) is 9.59 Å². The number of aromatic nitrogens is 2. The van der Waals surface area contributed by atoms with E-state index in [1.165, 1.54) is 7.11 Å². The molecular weight excluding hydrogens is 390 g/mol. The Labute approximate surface area is 176 Å². The van der Waals surface area contributed by atoms with Crippen molar-refractivity contribution < 1.29 is 28.5 Å². The third-order valence-electron chi connectivity index (χ3n) is 4.09. The maximum Gasteiger partial charge on any atom is 0.407 e. The molecule has 2 aromatic rings. The summed E-state index contributed by atoms with van der Waals surface area (Å²) in [5.41, 5.74) is 1.73. The van der Waals surface area contributed by atoms with Crippen molar-refractivity contribution >= 4 is 23.0 Å². The van der Waals surface area contributed by atoms with Crippen LogP contribution in [0.5, 0.6) is 0 Å². The van der Waals surface area contributed by atoms with Crippen molar-refractivity contribution in [1.29, 1.82) is 0 Å². The summed E-state index contributed by atoms with van der Waals surface area (Å²) in [7, 11) is 1.36. The first-order valence-electron chi connectivity index (χ1n) is 9.89. The van der Waals surface area contributed by atoms with E-state index in [9.17, 15) is 9.59 Å². The molecule has 0 aliphatic carbocycles. The van der Waals surface area contributed by atoms with E-state index in [1.54, 1.807) is 12.1 Å². The fraction of sp³-hybridized carbons (Fsp3) is 0.571. The quantitative estimate of drug-likeness (QED) is 0.465. The second-order valence-corrected chi connectivity index (χ2v) is 7.69. The number of alkyl carbamates (subject to hydrolysis) is 1. The largest absolute Gasteiger partial charge is 0.465 e. The van der Waals surface area contributed by atoms with Crippen LogP contribution in [-0.4, -0.2) is 67.5 Å². The minimum atomic E-state index is -0.516. The van der Waals surface area contributed by atoms with Gasteiger partial charge in [-0.2, -0.15) is 5.10 Å². The van der Waals surface area contributed by atoms with E-state index in [-0.39, 0.29) is 5.97 Å². The lowest BCUT2D eigenvalue weighted by Crippen LogP contribution is -2.34. The van der Waals surface area contributed by atoms with Gasteiger partial charge in [-0.3, -0.25) is 4.68 Å². The van der Waals surface area contributed by atoms with Crippen LogP contribution >= 0.6 is 0 Å². The van der Waals surface area contributed by atoms with Gasteiger partial charge in [0, 0.05) is 11.9 Å². The van der Waals surface area contributed by atoms with E-state index in [4.69, 9.17) is 18.9 Å². The Balaban J connectivity index is 1.67. The Morgan fingerprint density at radius 1 is 1.10 bits per heavy atom. The van der Waals surface area contributed by atoms with Gasteiger partial charge in [-0.15, -0.1) is 0 Å². The highest BCUT2D eigenvalue weighted by Gasteiger charge is 2.15. The number of methoxy groups -OCH3 is 1. The summed E-state index contributed by atoms with van der Waals surface area (Å²) >= 11 is 0. The zero-order valence-corrected chi connectivity index (χ0v) is 18.3. The Morgan fingerprint density at radius 3 is 2.47 bits per heavy atom. The van der Waals surface area contributed by atoms with Crippen molar-refractivity contribution in [2.75, 3.05) is 40.1 Å². The number of hydrogen-bond acceptors (Lipinski definition) is 7. The Kier molecular flexibility index (Phi) is 8.61. The van der Waals surface area contributed by atoms with Gasteiger partial charge in [0.25, 0.3) is 0 Å². The lowest BCUT2D eigenvalue weighted by atomic mass is 10.1. The average Bonchev–Trinajstić information content (AvgIpc) is 2.99. The number of carbonyl (C=O) groups is 2. The van der Waals surface area contributed by atoms with Gasteiger partial charge >= 0.3 is 12.1 Å². The number of ether oxygens (including phenoxy) is 4. The highest BCUT2D eigenvalue weighted by Crippen LogP contribution is 2.20. The summed E-state index contributed by atoms with van der Waals surface area (Å²) in [6, 6.07) is 5.39. The van der Waals surface area contributed by atoms with E-state index in [1.807, 2.05) is 38.4 Å². The van der Waals surface area contributed by atoms with Crippen LogP contribution in [0.1, 0.15) is 36.8 Å². The minimum absolute atomic E-state index is 0.371. The molecule has 0 fully saturated rings. The fourth-order valence-corrected chi connectivity index (χ4v) is 2.77. The van der Waals surface area contributed by atoms with Gasteiger partial charge in [0.05, 0.1) is 56.9 Å². The lowest BCUT2D eigenvalue weighted by molar-refractivity contribution is 0.0379.